The van der Waals surface area contributed by atoms with Crippen molar-refractivity contribution in [2.24, 2.45) is 0 Å². The van der Waals surface area contributed by atoms with Crippen molar-refractivity contribution in [2.75, 3.05) is 10.6 Å². The van der Waals surface area contributed by atoms with Crippen LogP contribution in [0.2, 0.25) is 0 Å². The number of carbonyl (C=O) groups excluding carboxylic acids is 2. The highest BCUT2D eigenvalue weighted by Gasteiger charge is 2.26. The Balaban J connectivity index is 1.87. The standard InChI is InChI=1S/C25H18F4N4O3/c1-12(24(35)32-23-20(28)15(26)11-16(27)21(23)29)33-19-10-6-5-9-18(19)31-22(25(33)36)14-7-3-4-8-17(14)30-13(2)34/h3-12H,1-2H3,(H,30,34)(H,32,35)/t12-/m0/s1. The van der Waals surface area contributed by atoms with Gasteiger partial charge in [0.15, 0.2) is 23.3 Å². The van der Waals surface area contributed by atoms with E-state index in [9.17, 15) is 31.9 Å². The van der Waals surface area contributed by atoms with Gasteiger partial charge in [-0.15, -0.1) is 0 Å². The number of halogens is 4. The van der Waals surface area contributed by atoms with Crippen LogP contribution in [0.15, 0.2) is 59.4 Å². The predicted octanol–water partition coefficient (Wildman–Crippen LogP) is 4.78. The Bertz CT molecular complexity index is 1560. The Morgan fingerprint density at radius 1 is 0.917 bits per heavy atom. The van der Waals surface area contributed by atoms with Crippen LogP contribution in [-0.4, -0.2) is 21.4 Å². The molecule has 1 atom stereocenters. The minimum atomic E-state index is -1.79. The van der Waals surface area contributed by atoms with E-state index < -0.39 is 46.5 Å². The molecule has 0 radical (unpaired) electrons. The highest BCUT2D eigenvalue weighted by molar-refractivity contribution is 5.96. The summed E-state index contributed by atoms with van der Waals surface area (Å²) in [5.41, 5.74) is -1.07. The summed E-state index contributed by atoms with van der Waals surface area (Å²) in [4.78, 5) is 42.6. The fourth-order valence-electron chi connectivity index (χ4n) is 3.73. The third kappa shape index (κ3) is 4.42. The molecule has 36 heavy (non-hydrogen) atoms. The number of anilines is 2. The van der Waals surface area contributed by atoms with Gasteiger partial charge in [0.2, 0.25) is 11.8 Å². The summed E-state index contributed by atoms with van der Waals surface area (Å²) in [5, 5.41) is 4.45. The third-order valence-corrected chi connectivity index (χ3v) is 5.41. The van der Waals surface area contributed by atoms with Crippen molar-refractivity contribution in [3.63, 3.8) is 0 Å². The zero-order valence-corrected chi connectivity index (χ0v) is 18.9. The molecule has 2 amide bonds. The van der Waals surface area contributed by atoms with Gasteiger partial charge >= 0.3 is 0 Å². The first kappa shape index (κ1) is 24.6. The molecule has 7 nitrogen and oxygen atoms in total. The van der Waals surface area contributed by atoms with Gasteiger partial charge in [-0.2, -0.15) is 0 Å². The lowest BCUT2D eigenvalue weighted by Crippen LogP contribution is -2.34. The summed E-state index contributed by atoms with van der Waals surface area (Å²) in [6, 6.07) is 11.4. The number of nitrogens with zero attached hydrogens (tertiary/aromatic N) is 2. The average Bonchev–Trinajstić information content (AvgIpc) is 2.84. The van der Waals surface area contributed by atoms with Gasteiger partial charge in [0.25, 0.3) is 5.56 Å². The summed E-state index contributed by atoms with van der Waals surface area (Å²) in [5.74, 6) is -8.46. The number of amides is 2. The lowest BCUT2D eigenvalue weighted by molar-refractivity contribution is -0.119. The molecular weight excluding hydrogens is 480 g/mol. The van der Waals surface area contributed by atoms with Crippen LogP contribution in [0.3, 0.4) is 0 Å². The van der Waals surface area contributed by atoms with Crippen LogP contribution in [0.4, 0.5) is 28.9 Å². The molecule has 1 heterocycles. The van der Waals surface area contributed by atoms with Gasteiger partial charge in [0.05, 0.1) is 16.7 Å². The van der Waals surface area contributed by atoms with E-state index in [1.54, 1.807) is 42.5 Å². The van der Waals surface area contributed by atoms with Crippen molar-refractivity contribution in [2.45, 2.75) is 19.9 Å². The van der Waals surface area contributed by atoms with Gasteiger partial charge in [0.1, 0.15) is 17.4 Å². The van der Waals surface area contributed by atoms with E-state index in [2.05, 4.69) is 10.3 Å². The molecule has 0 aliphatic heterocycles. The second-order valence-corrected chi connectivity index (χ2v) is 7.86. The zero-order valence-electron chi connectivity index (χ0n) is 18.9. The van der Waals surface area contributed by atoms with E-state index in [4.69, 9.17) is 0 Å². The SMILES string of the molecule is CC(=O)Nc1ccccc1-c1nc2ccccc2n([C@@H](C)C(=O)Nc2c(F)c(F)cc(F)c2F)c1=O. The zero-order chi connectivity index (χ0) is 26.1. The average molecular weight is 498 g/mol. The van der Waals surface area contributed by atoms with Crippen LogP contribution >= 0.6 is 0 Å². The fourth-order valence-corrected chi connectivity index (χ4v) is 3.73. The highest BCUT2D eigenvalue weighted by Crippen LogP contribution is 2.28. The monoisotopic (exact) mass is 498 g/mol. The number of benzene rings is 3. The van der Waals surface area contributed by atoms with Gasteiger partial charge in [-0.1, -0.05) is 30.3 Å². The van der Waals surface area contributed by atoms with E-state index in [1.165, 1.54) is 19.9 Å². The number of carbonyl (C=O) groups is 2. The van der Waals surface area contributed by atoms with Crippen molar-refractivity contribution in [3.05, 3.63) is 88.2 Å². The Morgan fingerprint density at radius 3 is 2.19 bits per heavy atom. The minimum Gasteiger partial charge on any atom is -0.326 e. The molecule has 0 saturated carbocycles. The largest absolute Gasteiger partial charge is 0.326 e. The summed E-state index contributed by atoms with van der Waals surface area (Å²) in [6.07, 6.45) is 0. The maximum absolute atomic E-state index is 14.1. The molecule has 2 N–H and O–H groups in total. The van der Waals surface area contributed by atoms with Gasteiger partial charge < -0.3 is 10.6 Å². The van der Waals surface area contributed by atoms with Crippen molar-refractivity contribution in [1.29, 1.82) is 0 Å². The first-order chi connectivity index (χ1) is 17.1. The molecule has 184 valence electrons. The normalized spacial score (nSPS) is 11.8. The Morgan fingerprint density at radius 2 is 1.53 bits per heavy atom. The van der Waals surface area contributed by atoms with E-state index in [0.29, 0.717) is 11.2 Å². The second-order valence-electron chi connectivity index (χ2n) is 7.86. The summed E-state index contributed by atoms with van der Waals surface area (Å²) >= 11 is 0. The molecule has 0 saturated heterocycles. The topological polar surface area (TPSA) is 93.1 Å². The molecule has 3 aromatic carbocycles. The Hall–Kier alpha value is -4.54. The fraction of sp³-hybridized carbons (Fsp3) is 0.120. The predicted molar refractivity (Wildman–Crippen MR) is 125 cm³/mol. The van der Waals surface area contributed by atoms with E-state index in [-0.39, 0.29) is 28.7 Å². The quantitative estimate of drug-likeness (QED) is 0.306. The molecule has 4 aromatic rings. The van der Waals surface area contributed by atoms with E-state index in [0.717, 1.165) is 4.57 Å². The van der Waals surface area contributed by atoms with Gasteiger partial charge in [-0.25, -0.2) is 22.5 Å². The van der Waals surface area contributed by atoms with E-state index in [1.807, 2.05) is 5.32 Å². The number of fused-ring (bicyclic) bond motifs is 1. The summed E-state index contributed by atoms with van der Waals surface area (Å²) in [6.45, 7) is 2.57. The molecule has 0 bridgehead atoms. The molecule has 1 aromatic heterocycles. The van der Waals surface area contributed by atoms with Crippen molar-refractivity contribution in [1.82, 2.24) is 9.55 Å². The van der Waals surface area contributed by atoms with Crippen molar-refractivity contribution < 1.29 is 27.2 Å². The number of aromatic nitrogens is 2. The number of rotatable bonds is 5. The van der Waals surface area contributed by atoms with Crippen LogP contribution in [0.25, 0.3) is 22.3 Å². The van der Waals surface area contributed by atoms with Gasteiger partial charge in [-0.3, -0.25) is 19.0 Å². The number of hydrogen-bond donors (Lipinski definition) is 2. The molecule has 11 heteroatoms. The molecular formula is C25H18F4N4O3. The molecule has 0 aliphatic carbocycles. The first-order valence-corrected chi connectivity index (χ1v) is 10.6. The Kier molecular flexibility index (Phi) is 6.56. The molecule has 0 spiro atoms. The van der Waals surface area contributed by atoms with Gasteiger partial charge in [-0.05, 0) is 25.1 Å². The lowest BCUT2D eigenvalue weighted by Gasteiger charge is -2.20. The summed E-state index contributed by atoms with van der Waals surface area (Å²) < 4.78 is 56.5. The lowest BCUT2D eigenvalue weighted by atomic mass is 10.1. The van der Waals surface area contributed by atoms with Crippen LogP contribution in [0.5, 0.6) is 0 Å². The van der Waals surface area contributed by atoms with E-state index >= 15 is 0 Å². The highest BCUT2D eigenvalue weighted by atomic mass is 19.2. The van der Waals surface area contributed by atoms with Crippen molar-refractivity contribution in [3.8, 4) is 11.3 Å². The minimum absolute atomic E-state index is 0.0173. The Labute approximate surface area is 201 Å². The van der Waals surface area contributed by atoms with Crippen LogP contribution in [0, 0.1) is 23.3 Å². The number of hydrogen-bond acceptors (Lipinski definition) is 4. The van der Waals surface area contributed by atoms with Crippen LogP contribution in [0.1, 0.15) is 19.9 Å². The smallest absolute Gasteiger partial charge is 0.278 e. The molecule has 4 rings (SSSR count). The maximum Gasteiger partial charge on any atom is 0.278 e. The number of para-hydroxylation sites is 3. The molecule has 0 unspecified atom stereocenters. The summed E-state index contributed by atoms with van der Waals surface area (Å²) in [7, 11) is 0. The van der Waals surface area contributed by atoms with Crippen LogP contribution < -0.4 is 16.2 Å². The van der Waals surface area contributed by atoms with Gasteiger partial charge in [0, 0.05) is 18.6 Å². The first-order valence-electron chi connectivity index (χ1n) is 10.6. The molecule has 0 aliphatic rings. The maximum atomic E-state index is 14.1. The molecule has 0 fully saturated rings. The van der Waals surface area contributed by atoms with Crippen molar-refractivity contribution >= 4 is 34.2 Å². The third-order valence-electron chi connectivity index (χ3n) is 5.41. The van der Waals surface area contributed by atoms with Crippen LogP contribution in [-0.2, 0) is 9.59 Å². The number of nitrogens with one attached hydrogen (secondary N) is 2. The second kappa shape index (κ2) is 9.61.